The van der Waals surface area contributed by atoms with E-state index < -0.39 is 0 Å². The van der Waals surface area contributed by atoms with Gasteiger partial charge in [0.25, 0.3) is 5.91 Å². The number of likely N-dealkylation sites (tertiary alicyclic amines) is 1. The summed E-state index contributed by atoms with van der Waals surface area (Å²) in [5, 5.41) is 7.37. The van der Waals surface area contributed by atoms with Gasteiger partial charge in [-0.2, -0.15) is 5.10 Å². The minimum Gasteiger partial charge on any atom is -0.349 e. The van der Waals surface area contributed by atoms with Gasteiger partial charge in [0.1, 0.15) is 10.8 Å². The molecule has 2 aromatic rings. The highest BCUT2D eigenvalue weighted by Crippen LogP contribution is 2.15. The maximum Gasteiger partial charge on any atom is 0.271 e. The molecule has 1 aliphatic heterocycles. The Morgan fingerprint density at radius 3 is 3.14 bits per heavy atom. The van der Waals surface area contributed by atoms with E-state index in [0.717, 1.165) is 13.1 Å². The molecule has 7 heteroatoms. The van der Waals surface area contributed by atoms with Crippen LogP contribution in [0.2, 0.25) is 5.15 Å². The molecule has 3 rings (SSSR count). The summed E-state index contributed by atoms with van der Waals surface area (Å²) in [6.07, 6.45) is 5.39. The maximum absolute atomic E-state index is 12.2. The number of amides is 1. The number of carbonyl (C=O) groups excluding carboxylic acids is 1. The summed E-state index contributed by atoms with van der Waals surface area (Å²) in [5.41, 5.74) is 0.973. The average molecular weight is 322 g/mol. The SMILES string of the molecule is C[C@@H]1CCCCN1CCNC(=O)c1cn2nc(Cl)ccc2n1. The van der Waals surface area contributed by atoms with E-state index >= 15 is 0 Å². The van der Waals surface area contributed by atoms with Gasteiger partial charge in [-0.1, -0.05) is 18.0 Å². The number of nitrogens with zero attached hydrogens (tertiary/aromatic N) is 4. The number of fused-ring (bicyclic) bond motifs is 1. The molecule has 1 saturated heterocycles. The molecule has 1 atom stereocenters. The second-order valence-corrected chi connectivity index (χ2v) is 6.11. The van der Waals surface area contributed by atoms with Crippen LogP contribution in [0.4, 0.5) is 0 Å². The van der Waals surface area contributed by atoms with Crippen LogP contribution in [0.1, 0.15) is 36.7 Å². The third-order valence-electron chi connectivity index (χ3n) is 4.15. The van der Waals surface area contributed by atoms with E-state index in [2.05, 4.69) is 27.2 Å². The third-order valence-corrected chi connectivity index (χ3v) is 4.35. The lowest BCUT2D eigenvalue weighted by Crippen LogP contribution is -2.42. The molecular formula is C15H20ClN5O. The predicted octanol–water partition coefficient (Wildman–Crippen LogP) is 1.99. The van der Waals surface area contributed by atoms with Gasteiger partial charge in [-0.25, -0.2) is 9.50 Å². The standard InChI is InChI=1S/C15H20ClN5O/c1-11-4-2-3-8-20(11)9-7-17-15(22)12-10-21-14(18-12)6-5-13(16)19-21/h5-6,10-11H,2-4,7-9H2,1H3,(H,17,22)/t11-/m1/s1. The van der Waals surface area contributed by atoms with E-state index in [1.165, 1.54) is 23.8 Å². The van der Waals surface area contributed by atoms with E-state index in [0.29, 0.717) is 29.1 Å². The van der Waals surface area contributed by atoms with Crippen molar-refractivity contribution in [3.8, 4) is 0 Å². The number of hydrogen-bond acceptors (Lipinski definition) is 4. The van der Waals surface area contributed by atoms with Crippen molar-refractivity contribution in [3.05, 3.63) is 29.2 Å². The highest BCUT2D eigenvalue weighted by molar-refractivity contribution is 6.29. The monoisotopic (exact) mass is 321 g/mol. The molecule has 0 aliphatic carbocycles. The Morgan fingerprint density at radius 2 is 2.32 bits per heavy atom. The number of carbonyl (C=O) groups is 1. The van der Waals surface area contributed by atoms with Crippen LogP contribution in [-0.4, -0.2) is 51.1 Å². The number of rotatable bonds is 4. The Hall–Kier alpha value is -1.66. The lowest BCUT2D eigenvalue weighted by molar-refractivity contribution is 0.0934. The molecule has 0 aromatic carbocycles. The van der Waals surface area contributed by atoms with E-state index in [-0.39, 0.29) is 5.91 Å². The van der Waals surface area contributed by atoms with Crippen LogP contribution in [0.15, 0.2) is 18.3 Å². The maximum atomic E-state index is 12.2. The van der Waals surface area contributed by atoms with Crippen LogP contribution < -0.4 is 5.32 Å². The van der Waals surface area contributed by atoms with Gasteiger partial charge in [-0.15, -0.1) is 0 Å². The van der Waals surface area contributed by atoms with Crippen LogP contribution in [0, 0.1) is 0 Å². The molecule has 0 unspecified atom stereocenters. The third kappa shape index (κ3) is 3.39. The topological polar surface area (TPSA) is 62.5 Å². The van der Waals surface area contributed by atoms with Gasteiger partial charge in [0.2, 0.25) is 0 Å². The first-order valence-corrected chi connectivity index (χ1v) is 8.05. The molecule has 0 saturated carbocycles. The quantitative estimate of drug-likeness (QED) is 0.935. The van der Waals surface area contributed by atoms with E-state index in [4.69, 9.17) is 11.6 Å². The lowest BCUT2D eigenvalue weighted by atomic mass is 10.0. The fourth-order valence-electron chi connectivity index (χ4n) is 2.86. The molecule has 1 N–H and O–H groups in total. The first-order chi connectivity index (χ1) is 10.6. The molecule has 0 spiro atoms. The number of halogens is 1. The molecular weight excluding hydrogens is 302 g/mol. The summed E-state index contributed by atoms with van der Waals surface area (Å²) in [6, 6.07) is 4.00. The Kier molecular flexibility index (Phi) is 4.59. The largest absolute Gasteiger partial charge is 0.349 e. The zero-order valence-electron chi connectivity index (χ0n) is 12.6. The van der Waals surface area contributed by atoms with Gasteiger partial charge in [0.05, 0.1) is 6.20 Å². The molecule has 1 fully saturated rings. The summed E-state index contributed by atoms with van der Waals surface area (Å²) in [4.78, 5) is 18.8. The summed E-state index contributed by atoms with van der Waals surface area (Å²) in [7, 11) is 0. The molecule has 6 nitrogen and oxygen atoms in total. The average Bonchev–Trinajstić information content (AvgIpc) is 2.92. The number of nitrogens with one attached hydrogen (secondary N) is 1. The number of piperidine rings is 1. The normalized spacial score (nSPS) is 19.5. The molecule has 3 heterocycles. The predicted molar refractivity (Wildman–Crippen MR) is 85.2 cm³/mol. The van der Waals surface area contributed by atoms with Gasteiger partial charge in [-0.05, 0) is 38.4 Å². The lowest BCUT2D eigenvalue weighted by Gasteiger charge is -2.33. The van der Waals surface area contributed by atoms with Crippen LogP contribution in [0.3, 0.4) is 0 Å². The van der Waals surface area contributed by atoms with Gasteiger partial charge in [0, 0.05) is 19.1 Å². The van der Waals surface area contributed by atoms with Gasteiger partial charge in [0.15, 0.2) is 5.65 Å². The fraction of sp³-hybridized carbons (Fsp3) is 0.533. The second-order valence-electron chi connectivity index (χ2n) is 5.72. The molecule has 22 heavy (non-hydrogen) atoms. The van der Waals surface area contributed by atoms with Crippen LogP contribution in [0.25, 0.3) is 5.65 Å². The van der Waals surface area contributed by atoms with Crippen molar-refractivity contribution in [1.29, 1.82) is 0 Å². The summed E-state index contributed by atoms with van der Waals surface area (Å²) in [6.45, 7) is 4.88. The Balaban J connectivity index is 1.56. The smallest absolute Gasteiger partial charge is 0.271 e. The molecule has 118 valence electrons. The van der Waals surface area contributed by atoms with Crippen molar-refractivity contribution in [3.63, 3.8) is 0 Å². The summed E-state index contributed by atoms with van der Waals surface area (Å²) < 4.78 is 1.52. The molecule has 0 bridgehead atoms. The number of imidazole rings is 1. The first kappa shape index (κ1) is 15.2. The summed E-state index contributed by atoms with van der Waals surface area (Å²) >= 11 is 5.82. The van der Waals surface area contributed by atoms with Crippen molar-refractivity contribution < 1.29 is 4.79 Å². The second kappa shape index (κ2) is 6.62. The summed E-state index contributed by atoms with van der Waals surface area (Å²) in [5.74, 6) is -0.175. The minimum absolute atomic E-state index is 0.175. The molecule has 1 amide bonds. The van der Waals surface area contributed by atoms with Gasteiger partial charge in [-0.3, -0.25) is 9.69 Å². The zero-order valence-corrected chi connectivity index (χ0v) is 13.4. The highest BCUT2D eigenvalue weighted by atomic mass is 35.5. The van der Waals surface area contributed by atoms with Crippen molar-refractivity contribution in [1.82, 2.24) is 24.8 Å². The first-order valence-electron chi connectivity index (χ1n) is 7.67. The molecule has 2 aromatic heterocycles. The fourth-order valence-corrected chi connectivity index (χ4v) is 3.01. The Morgan fingerprint density at radius 1 is 1.45 bits per heavy atom. The van der Waals surface area contributed by atoms with Crippen molar-refractivity contribution in [2.45, 2.75) is 32.2 Å². The van der Waals surface area contributed by atoms with Gasteiger partial charge < -0.3 is 5.32 Å². The van der Waals surface area contributed by atoms with Gasteiger partial charge >= 0.3 is 0 Å². The zero-order chi connectivity index (χ0) is 15.5. The van der Waals surface area contributed by atoms with Crippen LogP contribution >= 0.6 is 11.6 Å². The number of aromatic nitrogens is 3. The minimum atomic E-state index is -0.175. The highest BCUT2D eigenvalue weighted by Gasteiger charge is 2.18. The Labute approximate surface area is 134 Å². The molecule has 0 radical (unpaired) electrons. The van der Waals surface area contributed by atoms with E-state index in [9.17, 15) is 4.79 Å². The molecule has 1 aliphatic rings. The van der Waals surface area contributed by atoms with Crippen LogP contribution in [0.5, 0.6) is 0 Å². The van der Waals surface area contributed by atoms with Crippen molar-refractivity contribution in [2.75, 3.05) is 19.6 Å². The van der Waals surface area contributed by atoms with Crippen molar-refractivity contribution >= 4 is 23.2 Å². The number of hydrogen-bond donors (Lipinski definition) is 1. The Bertz CT molecular complexity index is 671. The van der Waals surface area contributed by atoms with Crippen LogP contribution in [-0.2, 0) is 0 Å². The van der Waals surface area contributed by atoms with E-state index in [1.54, 1.807) is 18.3 Å². The van der Waals surface area contributed by atoms with E-state index in [1.807, 2.05) is 0 Å². The van der Waals surface area contributed by atoms with Crippen molar-refractivity contribution in [2.24, 2.45) is 0 Å².